The molecule has 0 aliphatic heterocycles. The van der Waals surface area contributed by atoms with E-state index in [1.807, 2.05) is 0 Å². The number of rotatable bonds is 15. The van der Waals surface area contributed by atoms with Gasteiger partial charge in [0.25, 0.3) is 0 Å². The molecule has 124 valence electrons. The molecule has 0 bridgehead atoms. The lowest BCUT2D eigenvalue weighted by molar-refractivity contribution is 0.531. The predicted molar refractivity (Wildman–Crippen MR) is 100 cm³/mol. The van der Waals surface area contributed by atoms with Crippen molar-refractivity contribution in [3.05, 3.63) is 0 Å². The van der Waals surface area contributed by atoms with Gasteiger partial charge in [-0.25, -0.2) is 0 Å². The van der Waals surface area contributed by atoms with E-state index in [-0.39, 0.29) is 0 Å². The van der Waals surface area contributed by atoms with Crippen LogP contribution in [0.2, 0.25) is 0 Å². The van der Waals surface area contributed by atoms with Gasteiger partial charge in [0.05, 0.1) is 0 Å². The quantitative estimate of drug-likeness (QED) is 0.231. The molecule has 0 N–H and O–H groups in total. The third-order valence-corrected chi connectivity index (χ3v) is 3.96. The van der Waals surface area contributed by atoms with Crippen molar-refractivity contribution in [1.82, 2.24) is 0 Å². The summed E-state index contributed by atoms with van der Waals surface area (Å²) in [5, 5.41) is 0. The Balaban J connectivity index is 0. The van der Waals surface area contributed by atoms with Crippen LogP contribution < -0.4 is 0 Å². The summed E-state index contributed by atoms with van der Waals surface area (Å²) < 4.78 is 0. The first-order valence-corrected chi connectivity index (χ1v) is 10.3. The summed E-state index contributed by atoms with van der Waals surface area (Å²) in [5.41, 5.74) is 0. The summed E-state index contributed by atoms with van der Waals surface area (Å²) in [6, 6.07) is 0. The van der Waals surface area contributed by atoms with Gasteiger partial charge in [-0.3, -0.25) is 0 Å². The molecule has 0 aromatic carbocycles. The van der Waals surface area contributed by atoms with Gasteiger partial charge in [-0.2, -0.15) is 12.6 Å². The predicted octanol–water partition coefficient (Wildman–Crippen LogP) is 7.81. The van der Waals surface area contributed by atoms with Crippen molar-refractivity contribution in [2.24, 2.45) is 0 Å². The fourth-order valence-corrected chi connectivity index (χ4v) is 2.62. The van der Waals surface area contributed by atoms with E-state index in [0.717, 1.165) is 0 Å². The first-order chi connectivity index (χ1) is 9.91. The van der Waals surface area contributed by atoms with Gasteiger partial charge >= 0.3 is 0 Å². The van der Waals surface area contributed by atoms with E-state index in [1.165, 1.54) is 103 Å². The van der Waals surface area contributed by atoms with Gasteiger partial charge in [0.15, 0.2) is 0 Å². The molecular weight excluding hydrogens is 260 g/mol. The van der Waals surface area contributed by atoms with Gasteiger partial charge in [0, 0.05) is 0 Å². The van der Waals surface area contributed by atoms with Crippen LogP contribution in [0, 0.1) is 0 Å². The van der Waals surface area contributed by atoms with E-state index in [2.05, 4.69) is 26.5 Å². The van der Waals surface area contributed by atoms with Crippen molar-refractivity contribution < 1.29 is 0 Å². The van der Waals surface area contributed by atoms with Gasteiger partial charge in [0.1, 0.15) is 0 Å². The zero-order valence-electron chi connectivity index (χ0n) is 14.8. The van der Waals surface area contributed by atoms with Crippen LogP contribution in [0.5, 0.6) is 0 Å². The van der Waals surface area contributed by atoms with E-state index in [9.17, 15) is 0 Å². The molecular formula is C19H42S. The van der Waals surface area contributed by atoms with E-state index >= 15 is 0 Å². The Morgan fingerprint density at radius 1 is 0.350 bits per heavy atom. The number of hydrogen-bond donors (Lipinski definition) is 1. The van der Waals surface area contributed by atoms with E-state index in [4.69, 9.17) is 0 Å². The molecule has 0 atom stereocenters. The van der Waals surface area contributed by atoms with Crippen molar-refractivity contribution in [2.75, 3.05) is 6.26 Å². The molecule has 0 heterocycles. The first-order valence-electron chi connectivity index (χ1n) is 9.36. The maximum Gasteiger partial charge on any atom is -0.0215 e. The minimum Gasteiger partial charge on any atom is -0.183 e. The summed E-state index contributed by atoms with van der Waals surface area (Å²) in [5.74, 6) is 0. The standard InChI is InChI=1S/C18H38.CH4S/c1-3-5-7-9-11-13-15-17-18-16-14-12-10-8-6-4-2;1-2/h3-18H2,1-2H3;2H,1H3. The summed E-state index contributed by atoms with van der Waals surface area (Å²) in [7, 11) is 0. The second kappa shape index (κ2) is 24.4. The maximum atomic E-state index is 3.53. The Morgan fingerprint density at radius 2 is 0.500 bits per heavy atom. The van der Waals surface area contributed by atoms with Crippen LogP contribution in [-0.2, 0) is 0 Å². The lowest BCUT2D eigenvalue weighted by atomic mass is 10.0. The number of thiol groups is 1. The summed E-state index contributed by atoms with van der Waals surface area (Å²) in [6.07, 6.45) is 25.1. The smallest absolute Gasteiger partial charge is 0.0215 e. The minimum atomic E-state index is 1.37. The highest BCUT2D eigenvalue weighted by molar-refractivity contribution is 7.79. The number of hydrogen-bond acceptors (Lipinski definition) is 1. The molecule has 0 saturated heterocycles. The van der Waals surface area contributed by atoms with Crippen LogP contribution in [-0.4, -0.2) is 6.26 Å². The molecule has 1 heteroatoms. The highest BCUT2D eigenvalue weighted by atomic mass is 32.1. The SMILES string of the molecule is CCCCCCCCCCCCCCCCCC.CS. The normalized spacial score (nSPS) is 10.2. The van der Waals surface area contributed by atoms with Gasteiger partial charge in [0.2, 0.25) is 0 Å². The number of unbranched alkanes of at least 4 members (excludes halogenated alkanes) is 15. The molecule has 0 nitrogen and oxygen atoms in total. The van der Waals surface area contributed by atoms with Crippen LogP contribution in [0.1, 0.15) is 117 Å². The molecule has 0 unspecified atom stereocenters. The third kappa shape index (κ3) is 23.4. The van der Waals surface area contributed by atoms with Crippen molar-refractivity contribution in [1.29, 1.82) is 0 Å². The Hall–Kier alpha value is 0.350. The third-order valence-electron chi connectivity index (χ3n) is 3.96. The monoisotopic (exact) mass is 302 g/mol. The van der Waals surface area contributed by atoms with E-state index in [1.54, 1.807) is 6.26 Å². The second-order valence-corrected chi connectivity index (χ2v) is 5.95. The largest absolute Gasteiger partial charge is 0.183 e. The fraction of sp³-hybridized carbons (Fsp3) is 1.00. The summed E-state index contributed by atoms with van der Waals surface area (Å²) in [4.78, 5) is 0. The van der Waals surface area contributed by atoms with Gasteiger partial charge < -0.3 is 0 Å². The topological polar surface area (TPSA) is 0 Å². The van der Waals surface area contributed by atoms with Crippen LogP contribution in [0.25, 0.3) is 0 Å². The fourth-order valence-electron chi connectivity index (χ4n) is 2.62. The van der Waals surface area contributed by atoms with Crippen LogP contribution in [0.15, 0.2) is 0 Å². The maximum absolute atomic E-state index is 3.53. The highest BCUT2D eigenvalue weighted by Gasteiger charge is 1.93. The van der Waals surface area contributed by atoms with Crippen molar-refractivity contribution >= 4 is 12.6 Å². The average Bonchev–Trinajstić information content (AvgIpc) is 2.50. The molecule has 0 amide bonds. The molecule has 20 heavy (non-hydrogen) atoms. The Kier molecular flexibility index (Phi) is 27.6. The molecule has 0 aliphatic carbocycles. The zero-order chi connectivity index (χ0) is 15.3. The van der Waals surface area contributed by atoms with Gasteiger partial charge in [-0.1, -0.05) is 117 Å². The Morgan fingerprint density at radius 3 is 0.650 bits per heavy atom. The van der Waals surface area contributed by atoms with Gasteiger partial charge in [-0.05, 0) is 6.26 Å². The summed E-state index contributed by atoms with van der Waals surface area (Å²) >= 11 is 3.53. The second-order valence-electron chi connectivity index (χ2n) is 5.95. The molecule has 0 aromatic heterocycles. The van der Waals surface area contributed by atoms with Crippen molar-refractivity contribution in [3.63, 3.8) is 0 Å². The molecule has 0 spiro atoms. The van der Waals surface area contributed by atoms with E-state index < -0.39 is 0 Å². The highest BCUT2D eigenvalue weighted by Crippen LogP contribution is 2.13. The first kappa shape index (κ1) is 22.6. The zero-order valence-corrected chi connectivity index (χ0v) is 15.7. The average molecular weight is 303 g/mol. The molecule has 0 aromatic rings. The lowest BCUT2D eigenvalue weighted by Crippen LogP contribution is -1.83. The Bertz CT molecular complexity index is 118. The summed E-state index contributed by atoms with van der Waals surface area (Å²) in [6.45, 7) is 4.59. The lowest BCUT2D eigenvalue weighted by Gasteiger charge is -2.03. The Labute approximate surface area is 135 Å². The minimum absolute atomic E-state index is 1.37. The van der Waals surface area contributed by atoms with Crippen LogP contribution in [0.4, 0.5) is 0 Å². The molecule has 0 radical (unpaired) electrons. The van der Waals surface area contributed by atoms with E-state index in [0.29, 0.717) is 0 Å². The van der Waals surface area contributed by atoms with Crippen molar-refractivity contribution in [3.8, 4) is 0 Å². The van der Waals surface area contributed by atoms with Crippen LogP contribution >= 0.6 is 12.6 Å². The van der Waals surface area contributed by atoms with Crippen molar-refractivity contribution in [2.45, 2.75) is 117 Å². The molecule has 0 aliphatic rings. The molecule has 0 rings (SSSR count). The van der Waals surface area contributed by atoms with Crippen LogP contribution in [0.3, 0.4) is 0 Å². The van der Waals surface area contributed by atoms with Gasteiger partial charge in [-0.15, -0.1) is 0 Å². The molecule has 0 saturated carbocycles. The molecule has 0 fully saturated rings.